The Balaban J connectivity index is 1.93. The molecular formula is C22H37N3O5. The van der Waals surface area contributed by atoms with Crippen LogP contribution in [0.1, 0.15) is 59.3 Å². The number of likely N-dealkylation sites (tertiary alicyclic amines) is 2. The molecule has 0 spiro atoms. The van der Waals surface area contributed by atoms with Crippen molar-refractivity contribution in [1.82, 2.24) is 14.7 Å². The lowest BCUT2D eigenvalue weighted by atomic mass is 9.97. The van der Waals surface area contributed by atoms with Gasteiger partial charge in [0.2, 0.25) is 17.7 Å². The molecule has 0 aromatic carbocycles. The standard InChI is InChI=1S/C22H37N3O5/c1-5-30-22(29)17-9-12-24(13-10-17)20(27)15-23(4)21(28)18(14-16(2)3)25-11-7-6-8-19(25)26/h16-18H,5-15H2,1-4H3/t18-/m0/s1. The summed E-state index contributed by atoms with van der Waals surface area (Å²) in [4.78, 5) is 55.0. The van der Waals surface area contributed by atoms with Crippen molar-refractivity contribution in [2.75, 3.05) is 39.8 Å². The SMILES string of the molecule is CCOC(=O)C1CCN(C(=O)CN(C)C(=O)[C@H](CC(C)C)N2CCCCC2=O)CC1. The zero-order chi connectivity index (χ0) is 22.3. The van der Waals surface area contributed by atoms with Crippen molar-refractivity contribution in [2.24, 2.45) is 11.8 Å². The molecular weight excluding hydrogens is 386 g/mol. The molecule has 2 fully saturated rings. The summed E-state index contributed by atoms with van der Waals surface area (Å²) in [6.45, 7) is 7.79. The summed E-state index contributed by atoms with van der Waals surface area (Å²) in [6, 6.07) is -0.509. The Labute approximate surface area is 179 Å². The van der Waals surface area contributed by atoms with Gasteiger partial charge in [-0.2, -0.15) is 0 Å². The minimum atomic E-state index is -0.509. The van der Waals surface area contributed by atoms with Gasteiger partial charge in [0.05, 0.1) is 19.1 Å². The highest BCUT2D eigenvalue weighted by Crippen LogP contribution is 2.21. The van der Waals surface area contributed by atoms with Crippen molar-refractivity contribution in [3.8, 4) is 0 Å². The number of amides is 3. The van der Waals surface area contributed by atoms with Crippen LogP contribution in [0.3, 0.4) is 0 Å². The number of carbonyl (C=O) groups excluding carboxylic acids is 4. The molecule has 0 aromatic rings. The molecule has 2 heterocycles. The van der Waals surface area contributed by atoms with Gasteiger partial charge in [-0.25, -0.2) is 0 Å². The molecule has 0 radical (unpaired) electrons. The highest BCUT2D eigenvalue weighted by atomic mass is 16.5. The molecule has 2 aliphatic heterocycles. The molecule has 170 valence electrons. The normalized spacial score (nSPS) is 19.0. The lowest BCUT2D eigenvalue weighted by Crippen LogP contribution is -2.54. The summed E-state index contributed by atoms with van der Waals surface area (Å²) < 4.78 is 5.07. The fourth-order valence-corrected chi connectivity index (χ4v) is 4.22. The minimum Gasteiger partial charge on any atom is -0.466 e. The molecule has 2 rings (SSSR count). The Morgan fingerprint density at radius 3 is 2.37 bits per heavy atom. The van der Waals surface area contributed by atoms with E-state index in [0.29, 0.717) is 51.9 Å². The maximum Gasteiger partial charge on any atom is 0.309 e. The lowest BCUT2D eigenvalue weighted by Gasteiger charge is -2.37. The third-order valence-corrected chi connectivity index (χ3v) is 5.93. The number of hydrogen-bond acceptors (Lipinski definition) is 5. The first-order valence-electron chi connectivity index (χ1n) is 11.2. The fourth-order valence-electron chi connectivity index (χ4n) is 4.22. The number of nitrogens with zero attached hydrogens (tertiary/aromatic N) is 3. The Hall–Kier alpha value is -2.12. The van der Waals surface area contributed by atoms with Crippen molar-refractivity contribution in [1.29, 1.82) is 0 Å². The van der Waals surface area contributed by atoms with Gasteiger partial charge in [0.1, 0.15) is 6.04 Å². The molecule has 0 unspecified atom stereocenters. The molecule has 1 atom stereocenters. The van der Waals surface area contributed by atoms with E-state index in [2.05, 4.69) is 0 Å². The Bertz CT molecular complexity index is 628. The first-order chi connectivity index (χ1) is 14.2. The molecule has 0 aliphatic carbocycles. The Morgan fingerprint density at radius 1 is 1.13 bits per heavy atom. The van der Waals surface area contributed by atoms with Gasteiger partial charge in [-0.3, -0.25) is 19.2 Å². The van der Waals surface area contributed by atoms with Crippen molar-refractivity contribution < 1.29 is 23.9 Å². The van der Waals surface area contributed by atoms with Crippen LogP contribution in [-0.2, 0) is 23.9 Å². The van der Waals surface area contributed by atoms with E-state index in [0.717, 1.165) is 12.8 Å². The number of hydrogen-bond donors (Lipinski definition) is 0. The van der Waals surface area contributed by atoms with Crippen molar-refractivity contribution >= 4 is 23.7 Å². The van der Waals surface area contributed by atoms with Gasteiger partial charge in [0.25, 0.3) is 0 Å². The zero-order valence-corrected chi connectivity index (χ0v) is 18.9. The largest absolute Gasteiger partial charge is 0.466 e. The van der Waals surface area contributed by atoms with Gasteiger partial charge in [0, 0.05) is 33.1 Å². The summed E-state index contributed by atoms with van der Waals surface area (Å²) in [5.74, 6) is -0.357. The number of likely N-dealkylation sites (N-methyl/N-ethyl adjacent to an activating group) is 1. The van der Waals surface area contributed by atoms with Crippen LogP contribution in [0.2, 0.25) is 0 Å². The van der Waals surface area contributed by atoms with E-state index in [1.807, 2.05) is 13.8 Å². The first kappa shape index (κ1) is 24.2. The number of piperidine rings is 2. The molecule has 0 bridgehead atoms. The average Bonchev–Trinajstić information content (AvgIpc) is 2.72. The van der Waals surface area contributed by atoms with Gasteiger partial charge in [-0.05, 0) is 44.9 Å². The van der Waals surface area contributed by atoms with Gasteiger partial charge in [-0.1, -0.05) is 13.8 Å². The van der Waals surface area contributed by atoms with Crippen LogP contribution in [0.15, 0.2) is 0 Å². The highest BCUT2D eigenvalue weighted by Gasteiger charge is 2.35. The van der Waals surface area contributed by atoms with Crippen LogP contribution < -0.4 is 0 Å². The minimum absolute atomic E-state index is 0.0144. The third-order valence-electron chi connectivity index (χ3n) is 5.93. The second-order valence-corrected chi connectivity index (χ2v) is 8.79. The van der Waals surface area contributed by atoms with E-state index in [1.54, 1.807) is 23.8 Å². The van der Waals surface area contributed by atoms with Gasteiger partial charge in [-0.15, -0.1) is 0 Å². The maximum absolute atomic E-state index is 13.2. The van der Waals surface area contributed by atoms with Crippen molar-refractivity contribution in [3.05, 3.63) is 0 Å². The summed E-state index contributed by atoms with van der Waals surface area (Å²) in [6.07, 6.45) is 4.02. The molecule has 0 aromatic heterocycles. The van der Waals surface area contributed by atoms with Crippen LogP contribution in [0.5, 0.6) is 0 Å². The number of esters is 1. The van der Waals surface area contributed by atoms with Crippen molar-refractivity contribution in [3.63, 3.8) is 0 Å². The zero-order valence-electron chi connectivity index (χ0n) is 18.9. The van der Waals surface area contributed by atoms with E-state index >= 15 is 0 Å². The predicted octanol–water partition coefficient (Wildman–Crippen LogP) is 1.67. The molecule has 30 heavy (non-hydrogen) atoms. The van der Waals surface area contributed by atoms with E-state index in [-0.39, 0.29) is 42.1 Å². The number of ether oxygens (including phenoxy) is 1. The molecule has 0 saturated carbocycles. The lowest BCUT2D eigenvalue weighted by molar-refractivity contribution is -0.152. The Kier molecular flexibility index (Phi) is 9.11. The molecule has 2 aliphatic rings. The quantitative estimate of drug-likeness (QED) is 0.554. The molecule has 2 saturated heterocycles. The monoisotopic (exact) mass is 423 g/mol. The smallest absolute Gasteiger partial charge is 0.309 e. The van der Waals surface area contributed by atoms with Gasteiger partial charge >= 0.3 is 5.97 Å². The molecule has 8 nitrogen and oxygen atoms in total. The summed E-state index contributed by atoms with van der Waals surface area (Å²) in [5.41, 5.74) is 0. The number of carbonyl (C=O) groups is 4. The van der Waals surface area contributed by atoms with Crippen LogP contribution in [0.4, 0.5) is 0 Å². The van der Waals surface area contributed by atoms with Crippen LogP contribution in [0.25, 0.3) is 0 Å². The maximum atomic E-state index is 13.2. The Morgan fingerprint density at radius 2 is 1.80 bits per heavy atom. The molecule has 3 amide bonds. The van der Waals surface area contributed by atoms with E-state index in [9.17, 15) is 19.2 Å². The summed E-state index contributed by atoms with van der Waals surface area (Å²) >= 11 is 0. The van der Waals surface area contributed by atoms with Crippen LogP contribution >= 0.6 is 0 Å². The number of rotatable bonds is 8. The highest BCUT2D eigenvalue weighted by molar-refractivity contribution is 5.90. The van der Waals surface area contributed by atoms with E-state index in [4.69, 9.17) is 4.74 Å². The van der Waals surface area contributed by atoms with E-state index < -0.39 is 6.04 Å². The summed E-state index contributed by atoms with van der Waals surface area (Å²) in [5, 5.41) is 0. The molecule has 0 N–H and O–H groups in total. The third kappa shape index (κ3) is 6.44. The summed E-state index contributed by atoms with van der Waals surface area (Å²) in [7, 11) is 1.63. The van der Waals surface area contributed by atoms with Crippen molar-refractivity contribution in [2.45, 2.75) is 65.3 Å². The van der Waals surface area contributed by atoms with Gasteiger partial charge in [0.15, 0.2) is 0 Å². The van der Waals surface area contributed by atoms with Crippen LogP contribution in [0, 0.1) is 11.8 Å². The predicted molar refractivity (Wildman–Crippen MR) is 112 cm³/mol. The van der Waals surface area contributed by atoms with E-state index in [1.165, 1.54) is 4.90 Å². The van der Waals surface area contributed by atoms with Gasteiger partial charge < -0.3 is 19.4 Å². The second kappa shape index (κ2) is 11.3. The van der Waals surface area contributed by atoms with Crippen LogP contribution in [-0.4, -0.2) is 84.3 Å². The first-order valence-corrected chi connectivity index (χ1v) is 11.2. The topological polar surface area (TPSA) is 87.2 Å². The fraction of sp³-hybridized carbons (Fsp3) is 0.818. The molecule has 8 heteroatoms. The second-order valence-electron chi connectivity index (χ2n) is 8.79. The average molecular weight is 424 g/mol.